The second kappa shape index (κ2) is 9.02. The lowest BCUT2D eigenvalue weighted by Crippen LogP contribution is -2.60. The van der Waals surface area contributed by atoms with Crippen LogP contribution < -0.4 is 11.2 Å². The Bertz CT molecular complexity index is 753. The fourth-order valence-corrected chi connectivity index (χ4v) is 4.43. The van der Waals surface area contributed by atoms with E-state index in [1.165, 1.54) is 0 Å². The van der Waals surface area contributed by atoms with Crippen LogP contribution in [0, 0.1) is 0 Å². The molecule has 0 radical (unpaired) electrons. The molecule has 1 amide bonds. The molecule has 156 valence electrons. The zero-order chi connectivity index (χ0) is 20.3. The molecule has 1 aromatic heterocycles. The van der Waals surface area contributed by atoms with Gasteiger partial charge in [0.25, 0.3) is 11.5 Å². The molecule has 3 N–H and O–H groups in total. The highest BCUT2D eigenvalue weighted by Crippen LogP contribution is 2.24. The first-order valence-electron chi connectivity index (χ1n) is 10.1. The lowest BCUT2D eigenvalue weighted by molar-refractivity contribution is 0.00392. The van der Waals surface area contributed by atoms with Gasteiger partial charge in [-0.2, -0.15) is 0 Å². The van der Waals surface area contributed by atoms with Gasteiger partial charge in [-0.1, -0.05) is 0 Å². The van der Waals surface area contributed by atoms with Gasteiger partial charge in [-0.25, -0.2) is 4.79 Å². The standard InChI is InChI=1S/C19H31N5O4/c1-13(2)22-6-3-14(4-7-22)24-9-8-23(12-15(24)5-10-25)18(27)16-11-17(26)21-19(28)20-16/h11,13-15,25H,3-10,12H2,1-2H3,(H2,20,21,26,28)/t15-/m0/s1. The third-order valence-corrected chi connectivity index (χ3v) is 5.97. The van der Waals surface area contributed by atoms with Gasteiger partial charge in [0, 0.05) is 50.4 Å². The van der Waals surface area contributed by atoms with E-state index in [1.54, 1.807) is 4.90 Å². The number of aromatic amines is 2. The first kappa shape index (κ1) is 20.8. The fraction of sp³-hybridized carbons (Fsp3) is 0.737. The molecular formula is C19H31N5O4. The van der Waals surface area contributed by atoms with Crippen LogP contribution in [0.25, 0.3) is 0 Å². The van der Waals surface area contributed by atoms with E-state index in [1.807, 2.05) is 0 Å². The molecule has 0 saturated carbocycles. The molecule has 0 aromatic carbocycles. The second-order valence-electron chi connectivity index (χ2n) is 8.02. The van der Waals surface area contributed by atoms with Gasteiger partial charge in [0.2, 0.25) is 0 Å². The summed E-state index contributed by atoms with van der Waals surface area (Å²) in [6.45, 7) is 8.41. The van der Waals surface area contributed by atoms with Crippen LogP contribution in [0.4, 0.5) is 0 Å². The molecule has 2 saturated heterocycles. The molecule has 0 bridgehead atoms. The van der Waals surface area contributed by atoms with Gasteiger partial charge in [0.15, 0.2) is 0 Å². The number of likely N-dealkylation sites (tertiary alicyclic amines) is 1. The zero-order valence-corrected chi connectivity index (χ0v) is 16.7. The van der Waals surface area contributed by atoms with Crippen molar-refractivity contribution in [2.75, 3.05) is 39.3 Å². The normalized spacial score (nSPS) is 22.7. The zero-order valence-electron chi connectivity index (χ0n) is 16.7. The molecule has 9 nitrogen and oxygen atoms in total. The summed E-state index contributed by atoms with van der Waals surface area (Å²) in [7, 11) is 0. The van der Waals surface area contributed by atoms with Crippen molar-refractivity contribution in [1.29, 1.82) is 0 Å². The average molecular weight is 393 g/mol. The van der Waals surface area contributed by atoms with Crippen LogP contribution in [-0.2, 0) is 0 Å². The van der Waals surface area contributed by atoms with Gasteiger partial charge < -0.3 is 19.9 Å². The molecule has 9 heteroatoms. The van der Waals surface area contributed by atoms with Gasteiger partial charge in [0.1, 0.15) is 5.69 Å². The maximum Gasteiger partial charge on any atom is 0.326 e. The Labute approximate surface area is 164 Å². The number of carbonyl (C=O) groups excluding carboxylic acids is 1. The van der Waals surface area contributed by atoms with E-state index >= 15 is 0 Å². The molecule has 28 heavy (non-hydrogen) atoms. The average Bonchev–Trinajstić information content (AvgIpc) is 2.67. The van der Waals surface area contributed by atoms with Crippen LogP contribution in [0.2, 0.25) is 0 Å². The van der Waals surface area contributed by atoms with Crippen LogP contribution in [0.15, 0.2) is 15.7 Å². The topological polar surface area (TPSA) is 113 Å². The Morgan fingerprint density at radius 2 is 1.89 bits per heavy atom. The molecule has 2 fully saturated rings. The Hall–Kier alpha value is -1.97. The predicted octanol–water partition coefficient (Wildman–Crippen LogP) is -0.555. The summed E-state index contributed by atoms with van der Waals surface area (Å²) in [6, 6.07) is 2.22. The van der Waals surface area contributed by atoms with Crippen LogP contribution in [0.3, 0.4) is 0 Å². The number of nitrogens with one attached hydrogen (secondary N) is 2. The van der Waals surface area contributed by atoms with Crippen molar-refractivity contribution in [3.63, 3.8) is 0 Å². The molecule has 2 aliphatic rings. The number of carbonyl (C=O) groups is 1. The van der Waals surface area contributed by atoms with Crippen molar-refractivity contribution in [2.24, 2.45) is 0 Å². The predicted molar refractivity (Wildman–Crippen MR) is 106 cm³/mol. The van der Waals surface area contributed by atoms with E-state index in [-0.39, 0.29) is 24.2 Å². The van der Waals surface area contributed by atoms with E-state index in [4.69, 9.17) is 0 Å². The van der Waals surface area contributed by atoms with E-state index in [2.05, 4.69) is 33.6 Å². The quantitative estimate of drug-likeness (QED) is 0.618. The van der Waals surface area contributed by atoms with Crippen LogP contribution in [-0.4, -0.2) is 93.1 Å². The summed E-state index contributed by atoms with van der Waals surface area (Å²) in [5.74, 6) is -0.347. The highest BCUT2D eigenvalue weighted by atomic mass is 16.3. The summed E-state index contributed by atoms with van der Waals surface area (Å²) in [6.07, 6.45) is 2.78. The van der Waals surface area contributed by atoms with Crippen molar-refractivity contribution in [1.82, 2.24) is 24.7 Å². The fourth-order valence-electron chi connectivity index (χ4n) is 4.43. The van der Waals surface area contributed by atoms with Crippen LogP contribution >= 0.6 is 0 Å². The summed E-state index contributed by atoms with van der Waals surface area (Å²) < 4.78 is 0. The number of rotatable bonds is 5. The van der Waals surface area contributed by atoms with E-state index in [9.17, 15) is 19.5 Å². The number of aliphatic hydroxyl groups is 1. The molecular weight excluding hydrogens is 362 g/mol. The molecule has 1 aromatic rings. The van der Waals surface area contributed by atoms with Gasteiger partial charge in [-0.3, -0.25) is 19.5 Å². The van der Waals surface area contributed by atoms with Crippen molar-refractivity contribution >= 4 is 5.91 Å². The Morgan fingerprint density at radius 1 is 1.18 bits per heavy atom. The van der Waals surface area contributed by atoms with Gasteiger partial charge >= 0.3 is 5.69 Å². The van der Waals surface area contributed by atoms with Crippen LogP contribution in [0.5, 0.6) is 0 Å². The Morgan fingerprint density at radius 3 is 2.50 bits per heavy atom. The number of H-pyrrole nitrogens is 2. The van der Waals surface area contributed by atoms with E-state index in [0.717, 1.165) is 38.5 Å². The Balaban J connectivity index is 1.68. The molecule has 0 aliphatic carbocycles. The highest BCUT2D eigenvalue weighted by Gasteiger charge is 2.35. The van der Waals surface area contributed by atoms with Gasteiger partial charge in [-0.05, 0) is 46.2 Å². The van der Waals surface area contributed by atoms with Crippen molar-refractivity contribution in [2.45, 2.75) is 51.2 Å². The number of amides is 1. The number of hydrogen-bond donors (Lipinski definition) is 3. The summed E-state index contributed by atoms with van der Waals surface area (Å²) in [4.78, 5) is 46.8. The lowest BCUT2D eigenvalue weighted by atomic mass is 9.97. The highest BCUT2D eigenvalue weighted by molar-refractivity contribution is 5.92. The smallest absolute Gasteiger partial charge is 0.326 e. The molecule has 3 rings (SSSR count). The number of piperazine rings is 1. The first-order chi connectivity index (χ1) is 13.4. The minimum absolute atomic E-state index is 0.00944. The number of aliphatic hydroxyl groups excluding tert-OH is 1. The van der Waals surface area contributed by atoms with Gasteiger partial charge in [0.05, 0.1) is 0 Å². The Kier molecular flexibility index (Phi) is 6.69. The third kappa shape index (κ3) is 4.71. The second-order valence-corrected chi connectivity index (χ2v) is 8.02. The minimum atomic E-state index is -0.682. The summed E-state index contributed by atoms with van der Waals surface area (Å²) >= 11 is 0. The van der Waals surface area contributed by atoms with Gasteiger partial charge in [-0.15, -0.1) is 0 Å². The van der Waals surface area contributed by atoms with Crippen molar-refractivity contribution in [3.05, 3.63) is 32.6 Å². The van der Waals surface area contributed by atoms with Crippen LogP contribution in [0.1, 0.15) is 43.6 Å². The minimum Gasteiger partial charge on any atom is -0.396 e. The lowest BCUT2D eigenvalue weighted by Gasteiger charge is -2.48. The molecule has 0 spiro atoms. The largest absolute Gasteiger partial charge is 0.396 e. The van der Waals surface area contributed by atoms with Crippen molar-refractivity contribution < 1.29 is 9.90 Å². The van der Waals surface area contributed by atoms with Crippen molar-refractivity contribution in [3.8, 4) is 0 Å². The maximum atomic E-state index is 12.8. The van der Waals surface area contributed by atoms with E-state index in [0.29, 0.717) is 31.6 Å². The summed E-state index contributed by atoms with van der Waals surface area (Å²) in [5.41, 5.74) is -1.26. The monoisotopic (exact) mass is 393 g/mol. The molecule has 1 atom stereocenters. The molecule has 3 heterocycles. The third-order valence-electron chi connectivity index (χ3n) is 5.97. The molecule has 0 unspecified atom stereocenters. The SMILES string of the molecule is CC(C)N1CCC(N2CCN(C(=O)c3cc(=O)[nH]c(=O)[nH]3)C[C@@H]2CCO)CC1. The number of aromatic nitrogens is 2. The number of nitrogens with zero attached hydrogens (tertiary/aromatic N) is 3. The summed E-state index contributed by atoms with van der Waals surface area (Å²) in [5, 5.41) is 9.53. The number of hydrogen-bond acceptors (Lipinski definition) is 6. The maximum absolute atomic E-state index is 12.8. The molecule has 2 aliphatic heterocycles. The number of piperidine rings is 1. The van der Waals surface area contributed by atoms with E-state index < -0.39 is 11.2 Å². The first-order valence-corrected chi connectivity index (χ1v) is 10.1.